The van der Waals surface area contributed by atoms with E-state index in [1.807, 2.05) is 17.6 Å². The summed E-state index contributed by atoms with van der Waals surface area (Å²) in [6.45, 7) is 10.5. The third-order valence-electron chi connectivity index (χ3n) is 4.85. The molecule has 3 rings (SSSR count). The number of hydrogen-bond donors (Lipinski definition) is 2. The highest BCUT2D eigenvalue weighted by Crippen LogP contribution is 2.34. The first-order valence-corrected chi connectivity index (χ1v) is 14.7. The standard InChI is InChI=1S/C23H31N5O4Si/c1-5-8-25-23(30)32-19-6-7-21(29)20(12-19)17-11-18(14-24-13-17)22-27-26-15-28(22)16-31-9-10-33(2,3)4/h6-7,11-15,29H,5,8-10,16H2,1-4H3,(H,25,30). The molecule has 0 radical (unpaired) electrons. The predicted octanol–water partition coefficient (Wildman–Crippen LogP) is 4.52. The van der Waals surface area contributed by atoms with Crippen molar-refractivity contribution in [3.63, 3.8) is 0 Å². The van der Waals surface area contributed by atoms with Crippen molar-refractivity contribution in [2.75, 3.05) is 13.2 Å². The van der Waals surface area contributed by atoms with Crippen molar-refractivity contribution in [2.45, 2.75) is 45.8 Å². The third kappa shape index (κ3) is 7.12. The number of carbonyl (C=O) groups is 1. The van der Waals surface area contributed by atoms with Crippen LogP contribution in [0.3, 0.4) is 0 Å². The van der Waals surface area contributed by atoms with E-state index in [0.29, 0.717) is 42.6 Å². The van der Waals surface area contributed by atoms with E-state index in [4.69, 9.17) is 9.47 Å². The number of aromatic hydroxyl groups is 1. The van der Waals surface area contributed by atoms with E-state index in [2.05, 4.69) is 40.1 Å². The number of ether oxygens (including phenoxy) is 2. The van der Waals surface area contributed by atoms with Gasteiger partial charge in [0, 0.05) is 50.3 Å². The number of nitrogens with zero attached hydrogens (tertiary/aromatic N) is 4. The van der Waals surface area contributed by atoms with Gasteiger partial charge in [-0.05, 0) is 36.7 Å². The van der Waals surface area contributed by atoms with Crippen LogP contribution in [-0.4, -0.2) is 52.2 Å². The second-order valence-corrected chi connectivity index (χ2v) is 14.6. The van der Waals surface area contributed by atoms with Crippen LogP contribution in [0.25, 0.3) is 22.5 Å². The Labute approximate surface area is 194 Å². The quantitative estimate of drug-likeness (QED) is 0.332. The van der Waals surface area contributed by atoms with Crippen LogP contribution in [0.5, 0.6) is 11.5 Å². The van der Waals surface area contributed by atoms with Gasteiger partial charge in [-0.2, -0.15) is 0 Å². The lowest BCUT2D eigenvalue weighted by atomic mass is 10.0. The van der Waals surface area contributed by atoms with Crippen molar-refractivity contribution in [1.29, 1.82) is 0 Å². The zero-order valence-corrected chi connectivity index (χ0v) is 20.5. The van der Waals surface area contributed by atoms with Crippen molar-refractivity contribution in [3.8, 4) is 34.0 Å². The summed E-state index contributed by atoms with van der Waals surface area (Å²) >= 11 is 0. The Kier molecular flexibility index (Phi) is 8.18. The van der Waals surface area contributed by atoms with Crippen molar-refractivity contribution in [1.82, 2.24) is 25.1 Å². The summed E-state index contributed by atoms with van der Waals surface area (Å²) in [4.78, 5) is 16.2. The van der Waals surface area contributed by atoms with Crippen LogP contribution < -0.4 is 10.1 Å². The lowest BCUT2D eigenvalue weighted by molar-refractivity contribution is 0.0880. The van der Waals surface area contributed by atoms with Gasteiger partial charge >= 0.3 is 6.09 Å². The maximum absolute atomic E-state index is 11.9. The van der Waals surface area contributed by atoms with Gasteiger partial charge in [-0.15, -0.1) is 10.2 Å². The van der Waals surface area contributed by atoms with Gasteiger partial charge in [-0.25, -0.2) is 4.79 Å². The van der Waals surface area contributed by atoms with E-state index in [0.717, 1.165) is 18.0 Å². The van der Waals surface area contributed by atoms with E-state index in [1.165, 1.54) is 12.1 Å². The molecule has 33 heavy (non-hydrogen) atoms. The molecule has 0 atom stereocenters. The van der Waals surface area contributed by atoms with Crippen molar-refractivity contribution < 1.29 is 19.4 Å². The zero-order valence-electron chi connectivity index (χ0n) is 19.5. The molecular formula is C23H31N5O4Si. The molecule has 0 spiro atoms. The molecular weight excluding hydrogens is 438 g/mol. The van der Waals surface area contributed by atoms with Crippen molar-refractivity contribution in [2.24, 2.45) is 0 Å². The summed E-state index contributed by atoms with van der Waals surface area (Å²) in [5.41, 5.74) is 1.87. The molecule has 0 aliphatic carbocycles. The Balaban J connectivity index is 1.78. The average molecular weight is 470 g/mol. The Morgan fingerprint density at radius 2 is 1.97 bits per heavy atom. The van der Waals surface area contributed by atoms with Gasteiger partial charge in [0.2, 0.25) is 0 Å². The molecule has 176 valence electrons. The molecule has 2 N–H and O–H groups in total. The minimum Gasteiger partial charge on any atom is -0.507 e. The smallest absolute Gasteiger partial charge is 0.412 e. The fourth-order valence-corrected chi connectivity index (χ4v) is 3.76. The number of carbonyl (C=O) groups excluding carboxylic acids is 1. The largest absolute Gasteiger partial charge is 0.507 e. The summed E-state index contributed by atoms with van der Waals surface area (Å²) in [5, 5.41) is 21.3. The van der Waals surface area contributed by atoms with E-state index in [-0.39, 0.29) is 5.75 Å². The van der Waals surface area contributed by atoms with Gasteiger partial charge < -0.3 is 19.9 Å². The first kappa shape index (κ1) is 24.4. The fraction of sp³-hybridized carbons (Fsp3) is 0.391. The second kappa shape index (κ2) is 11.1. The molecule has 9 nitrogen and oxygen atoms in total. The van der Waals surface area contributed by atoms with Crippen LogP contribution in [0.4, 0.5) is 4.79 Å². The minimum atomic E-state index is -1.16. The topological polar surface area (TPSA) is 111 Å². The monoisotopic (exact) mass is 469 g/mol. The Morgan fingerprint density at radius 1 is 1.18 bits per heavy atom. The molecule has 1 aromatic carbocycles. The summed E-state index contributed by atoms with van der Waals surface area (Å²) in [6, 6.07) is 7.56. The van der Waals surface area contributed by atoms with Crippen molar-refractivity contribution >= 4 is 14.2 Å². The van der Waals surface area contributed by atoms with E-state index in [9.17, 15) is 9.90 Å². The molecule has 1 amide bonds. The molecule has 0 aliphatic heterocycles. The Morgan fingerprint density at radius 3 is 2.73 bits per heavy atom. The van der Waals surface area contributed by atoms with Crippen LogP contribution in [0.15, 0.2) is 43.0 Å². The molecule has 0 saturated carbocycles. The van der Waals surface area contributed by atoms with E-state index >= 15 is 0 Å². The molecule has 0 aliphatic rings. The number of phenolic OH excluding ortho intramolecular Hbond substituents is 1. The first-order chi connectivity index (χ1) is 15.8. The van der Waals surface area contributed by atoms with E-state index < -0.39 is 14.2 Å². The van der Waals surface area contributed by atoms with Gasteiger partial charge in [0.05, 0.1) is 0 Å². The lowest BCUT2D eigenvalue weighted by Gasteiger charge is -2.16. The lowest BCUT2D eigenvalue weighted by Crippen LogP contribution is -2.27. The summed E-state index contributed by atoms with van der Waals surface area (Å²) in [5.74, 6) is 0.982. The number of phenols is 1. The SMILES string of the molecule is CCCNC(=O)Oc1ccc(O)c(-c2cncc(-c3nncn3COCC[Si](C)(C)C)c2)c1. The number of nitrogens with one attached hydrogen (secondary N) is 1. The molecule has 0 fully saturated rings. The number of benzene rings is 1. The van der Waals surface area contributed by atoms with Crippen LogP contribution in [-0.2, 0) is 11.5 Å². The average Bonchev–Trinajstić information content (AvgIpc) is 3.25. The molecule has 2 heterocycles. The summed E-state index contributed by atoms with van der Waals surface area (Å²) in [6.07, 6.45) is 5.20. The normalized spacial score (nSPS) is 11.4. The molecule has 10 heteroatoms. The number of rotatable bonds is 10. The van der Waals surface area contributed by atoms with Crippen LogP contribution in [0, 0.1) is 0 Å². The van der Waals surface area contributed by atoms with Crippen LogP contribution >= 0.6 is 0 Å². The number of pyridine rings is 1. The molecule has 3 aromatic rings. The van der Waals surface area contributed by atoms with Crippen molar-refractivity contribution in [3.05, 3.63) is 43.0 Å². The Hall–Kier alpha value is -3.24. The predicted molar refractivity (Wildman–Crippen MR) is 129 cm³/mol. The van der Waals surface area contributed by atoms with Gasteiger partial charge in [-0.3, -0.25) is 9.55 Å². The van der Waals surface area contributed by atoms with Gasteiger partial charge in [0.25, 0.3) is 0 Å². The third-order valence-corrected chi connectivity index (χ3v) is 6.55. The molecule has 2 aromatic heterocycles. The highest BCUT2D eigenvalue weighted by Gasteiger charge is 2.15. The van der Waals surface area contributed by atoms with E-state index in [1.54, 1.807) is 24.8 Å². The maximum Gasteiger partial charge on any atom is 0.412 e. The summed E-state index contributed by atoms with van der Waals surface area (Å²) in [7, 11) is -1.16. The maximum atomic E-state index is 11.9. The van der Waals surface area contributed by atoms with Gasteiger partial charge in [0.1, 0.15) is 24.6 Å². The summed E-state index contributed by atoms with van der Waals surface area (Å²) < 4.78 is 13.0. The first-order valence-electron chi connectivity index (χ1n) is 11.0. The highest BCUT2D eigenvalue weighted by molar-refractivity contribution is 6.76. The number of aromatic nitrogens is 4. The molecule has 0 saturated heterocycles. The highest BCUT2D eigenvalue weighted by atomic mass is 28.3. The number of hydrogen-bond acceptors (Lipinski definition) is 7. The van der Waals surface area contributed by atoms with Gasteiger partial charge in [0.15, 0.2) is 5.82 Å². The molecule has 0 unspecified atom stereocenters. The second-order valence-electron chi connectivity index (χ2n) is 8.93. The van der Waals surface area contributed by atoms with Crippen LogP contribution in [0.2, 0.25) is 25.7 Å². The minimum absolute atomic E-state index is 0.0476. The zero-order chi connectivity index (χ0) is 23.8. The number of amides is 1. The Bertz CT molecular complexity index is 1080. The van der Waals surface area contributed by atoms with Gasteiger partial charge in [-0.1, -0.05) is 26.6 Å². The molecule has 0 bridgehead atoms. The van der Waals surface area contributed by atoms with Crippen LogP contribution in [0.1, 0.15) is 13.3 Å². The fourth-order valence-electron chi connectivity index (χ4n) is 3.00.